The molecule has 0 unspecified atom stereocenters. The van der Waals surface area contributed by atoms with Gasteiger partial charge in [-0.3, -0.25) is 9.59 Å². The minimum absolute atomic E-state index is 0.0827. The lowest BCUT2D eigenvalue weighted by molar-refractivity contribution is -0.152. The van der Waals surface area contributed by atoms with Crippen LogP contribution in [0.3, 0.4) is 0 Å². The van der Waals surface area contributed by atoms with Crippen LogP contribution < -0.4 is 10.6 Å². The molecule has 1 saturated carbocycles. The Morgan fingerprint density at radius 3 is 2.36 bits per heavy atom. The number of rotatable bonds is 8. The van der Waals surface area contributed by atoms with Crippen molar-refractivity contribution in [2.75, 3.05) is 37.5 Å². The zero-order valence-corrected chi connectivity index (χ0v) is 21.5. The fourth-order valence-corrected chi connectivity index (χ4v) is 5.43. The molecule has 1 aliphatic carbocycles. The lowest BCUT2D eigenvalue weighted by Crippen LogP contribution is -2.45. The van der Waals surface area contributed by atoms with E-state index in [0.29, 0.717) is 38.4 Å². The second-order valence-corrected chi connectivity index (χ2v) is 10.1. The third-order valence-electron chi connectivity index (χ3n) is 7.61. The van der Waals surface area contributed by atoms with Crippen LogP contribution in [0, 0.1) is 23.6 Å². The minimum Gasteiger partial charge on any atom is -0.481 e. The molecule has 2 fully saturated rings. The number of carbonyl (C=O) groups is 2. The summed E-state index contributed by atoms with van der Waals surface area (Å²) in [5.41, 5.74) is -0.0804. The highest BCUT2D eigenvalue weighted by Crippen LogP contribution is 2.44. The number of hydrogen-bond acceptors (Lipinski definition) is 5. The molecule has 2 aromatic carbocycles. The molecule has 1 saturated heterocycles. The maximum atomic E-state index is 14.5. The van der Waals surface area contributed by atoms with Crippen LogP contribution >= 0.6 is 0 Å². The number of hydrogen-bond donors (Lipinski definition) is 3. The predicted octanol–water partition coefficient (Wildman–Crippen LogP) is 5.53. The van der Waals surface area contributed by atoms with Crippen LogP contribution in [0.15, 0.2) is 42.5 Å². The maximum absolute atomic E-state index is 14.5. The molecule has 11 heteroatoms. The molecule has 39 heavy (non-hydrogen) atoms. The molecule has 3 N–H and O–H groups in total. The molecule has 212 valence electrons. The number of aliphatic carboxylic acids is 1. The lowest BCUT2D eigenvalue weighted by atomic mass is 9.67. The molecule has 0 spiro atoms. The topological polar surface area (TPSA) is 96.9 Å². The van der Waals surface area contributed by atoms with Gasteiger partial charge in [-0.25, -0.2) is 4.39 Å². The standard InChI is InChI=1S/C28H32F4N2O5/c1-33-19-5-2-17(3-6-19)21-13-20(39-15-16-8-10-38-11-9-16)14-22(25(21)27(36)37)26(35)34-24-7-4-18(12-23(24)29)28(30,31)32/h2-7,12,16,20-22,25,33H,8-11,13-15H2,1H3,(H,34,35)(H,36,37)/t20-,21-,22-,25-/m1/s1. The summed E-state index contributed by atoms with van der Waals surface area (Å²) in [6, 6.07) is 9.04. The van der Waals surface area contributed by atoms with Crippen molar-refractivity contribution < 1.29 is 41.7 Å². The minimum atomic E-state index is -4.74. The van der Waals surface area contributed by atoms with Crippen molar-refractivity contribution in [3.8, 4) is 0 Å². The molecule has 0 aromatic heterocycles. The van der Waals surface area contributed by atoms with Crippen molar-refractivity contribution in [2.24, 2.45) is 17.8 Å². The van der Waals surface area contributed by atoms with Gasteiger partial charge in [0.25, 0.3) is 0 Å². The zero-order chi connectivity index (χ0) is 28.2. The van der Waals surface area contributed by atoms with E-state index in [1.807, 2.05) is 12.1 Å². The third-order valence-corrected chi connectivity index (χ3v) is 7.61. The first-order valence-electron chi connectivity index (χ1n) is 12.9. The Hall–Kier alpha value is -3.18. The Bertz CT molecular complexity index is 1150. The van der Waals surface area contributed by atoms with E-state index in [4.69, 9.17) is 9.47 Å². The Morgan fingerprint density at radius 2 is 1.77 bits per heavy atom. The van der Waals surface area contributed by atoms with E-state index in [2.05, 4.69) is 10.6 Å². The Morgan fingerprint density at radius 1 is 1.08 bits per heavy atom. The molecule has 7 nitrogen and oxygen atoms in total. The fourth-order valence-electron chi connectivity index (χ4n) is 5.43. The van der Waals surface area contributed by atoms with Crippen LogP contribution in [0.1, 0.15) is 42.7 Å². The summed E-state index contributed by atoms with van der Waals surface area (Å²) in [6.45, 7) is 1.73. The third kappa shape index (κ3) is 7.07. The van der Waals surface area contributed by atoms with E-state index in [1.54, 1.807) is 19.2 Å². The number of alkyl halides is 3. The second kappa shape index (κ2) is 12.3. The van der Waals surface area contributed by atoms with Gasteiger partial charge in [0.1, 0.15) is 5.82 Å². The van der Waals surface area contributed by atoms with E-state index in [-0.39, 0.29) is 12.3 Å². The van der Waals surface area contributed by atoms with Gasteiger partial charge in [-0.15, -0.1) is 0 Å². The molecule has 2 aliphatic rings. The van der Waals surface area contributed by atoms with Crippen molar-refractivity contribution in [3.05, 3.63) is 59.4 Å². The van der Waals surface area contributed by atoms with Gasteiger partial charge in [-0.1, -0.05) is 12.1 Å². The maximum Gasteiger partial charge on any atom is 0.416 e. The molecule has 4 atom stereocenters. The second-order valence-electron chi connectivity index (χ2n) is 10.1. The first-order valence-corrected chi connectivity index (χ1v) is 12.9. The van der Waals surface area contributed by atoms with Crippen LogP contribution in [0.2, 0.25) is 0 Å². The van der Waals surface area contributed by atoms with Gasteiger partial charge in [0, 0.05) is 38.5 Å². The number of halogens is 4. The van der Waals surface area contributed by atoms with Gasteiger partial charge in [0.15, 0.2) is 0 Å². The number of carboxylic acid groups (broad SMARTS) is 1. The van der Waals surface area contributed by atoms with Crippen molar-refractivity contribution in [1.29, 1.82) is 0 Å². The van der Waals surface area contributed by atoms with Crippen LogP contribution in [-0.4, -0.2) is 50.0 Å². The summed E-state index contributed by atoms with van der Waals surface area (Å²) in [5, 5.41) is 15.6. The first kappa shape index (κ1) is 28.8. The Balaban J connectivity index is 1.59. The van der Waals surface area contributed by atoms with E-state index < -0.39 is 59.0 Å². The number of ether oxygens (including phenoxy) is 2. The number of amides is 1. The van der Waals surface area contributed by atoms with E-state index >= 15 is 0 Å². The van der Waals surface area contributed by atoms with Crippen molar-refractivity contribution in [1.82, 2.24) is 0 Å². The fraction of sp³-hybridized carbons (Fsp3) is 0.500. The molecule has 2 aromatic rings. The summed E-state index contributed by atoms with van der Waals surface area (Å²) < 4.78 is 65.0. The highest BCUT2D eigenvalue weighted by atomic mass is 19.4. The normalized spacial score (nSPS) is 24.2. The van der Waals surface area contributed by atoms with Crippen molar-refractivity contribution >= 4 is 23.3 Å². The number of nitrogens with one attached hydrogen (secondary N) is 2. The molecular weight excluding hydrogens is 520 g/mol. The van der Waals surface area contributed by atoms with Gasteiger partial charge < -0.3 is 25.2 Å². The average molecular weight is 553 g/mol. The van der Waals surface area contributed by atoms with E-state index in [1.165, 1.54) is 0 Å². The molecular formula is C28H32F4N2O5. The Labute approximate surface area is 223 Å². The van der Waals surface area contributed by atoms with Crippen LogP contribution in [0.25, 0.3) is 0 Å². The largest absolute Gasteiger partial charge is 0.481 e. The summed E-state index contributed by atoms with van der Waals surface area (Å²) in [6.07, 6.45) is -3.04. The number of carbonyl (C=O) groups excluding carboxylic acids is 1. The zero-order valence-electron chi connectivity index (χ0n) is 21.5. The quantitative estimate of drug-likeness (QED) is 0.373. The number of anilines is 2. The van der Waals surface area contributed by atoms with Gasteiger partial charge in [-0.05, 0) is 67.5 Å². The van der Waals surface area contributed by atoms with Gasteiger partial charge >= 0.3 is 12.1 Å². The SMILES string of the molecule is CNc1ccc([C@H]2C[C@@H](OCC3CCOCC3)C[C@@H](C(=O)Nc3ccc(C(F)(F)F)cc3F)[C@@H]2C(=O)O)cc1. The Kier molecular flexibility index (Phi) is 9.12. The highest BCUT2D eigenvalue weighted by molar-refractivity contribution is 5.95. The average Bonchev–Trinajstić information content (AvgIpc) is 2.92. The van der Waals surface area contributed by atoms with Gasteiger partial charge in [-0.2, -0.15) is 13.2 Å². The first-order chi connectivity index (χ1) is 18.6. The van der Waals surface area contributed by atoms with Crippen LogP contribution in [-0.2, 0) is 25.2 Å². The molecule has 0 radical (unpaired) electrons. The molecule has 1 aliphatic heterocycles. The number of carboxylic acids is 1. The molecule has 4 rings (SSSR count). The summed E-state index contributed by atoms with van der Waals surface area (Å²) >= 11 is 0. The lowest BCUT2D eigenvalue weighted by Gasteiger charge is -2.40. The monoisotopic (exact) mass is 552 g/mol. The molecule has 1 heterocycles. The number of benzene rings is 2. The smallest absolute Gasteiger partial charge is 0.416 e. The summed E-state index contributed by atoms with van der Waals surface area (Å²) in [5.74, 6) is -5.76. The van der Waals surface area contributed by atoms with E-state index in [9.17, 15) is 32.3 Å². The molecule has 0 bridgehead atoms. The predicted molar refractivity (Wildman–Crippen MR) is 136 cm³/mol. The van der Waals surface area contributed by atoms with Crippen LogP contribution in [0.5, 0.6) is 0 Å². The van der Waals surface area contributed by atoms with Crippen LogP contribution in [0.4, 0.5) is 28.9 Å². The van der Waals surface area contributed by atoms with Crippen molar-refractivity contribution in [3.63, 3.8) is 0 Å². The summed E-state index contributed by atoms with van der Waals surface area (Å²) in [4.78, 5) is 25.9. The molecule has 1 amide bonds. The van der Waals surface area contributed by atoms with Gasteiger partial charge in [0.2, 0.25) is 5.91 Å². The highest BCUT2D eigenvalue weighted by Gasteiger charge is 2.46. The summed E-state index contributed by atoms with van der Waals surface area (Å²) in [7, 11) is 1.76. The van der Waals surface area contributed by atoms with Gasteiger partial charge in [0.05, 0.1) is 29.2 Å². The van der Waals surface area contributed by atoms with Crippen molar-refractivity contribution in [2.45, 2.75) is 43.9 Å². The van der Waals surface area contributed by atoms with E-state index in [0.717, 1.165) is 30.2 Å².